The van der Waals surface area contributed by atoms with E-state index in [4.69, 9.17) is 11.6 Å². The largest absolute Gasteiger partial charge is 0.300 e. The van der Waals surface area contributed by atoms with Crippen molar-refractivity contribution in [2.45, 2.75) is 25.8 Å². The summed E-state index contributed by atoms with van der Waals surface area (Å²) in [5.41, 5.74) is 1.97. The van der Waals surface area contributed by atoms with Crippen molar-refractivity contribution in [1.29, 1.82) is 0 Å². The fourth-order valence-corrected chi connectivity index (χ4v) is 4.21. The fraction of sp³-hybridized carbons (Fsp3) is 0.222. The molecule has 3 aromatic rings. The zero-order chi connectivity index (χ0) is 18.1. The average molecular weight is 387 g/mol. The van der Waals surface area contributed by atoms with Crippen LogP contribution in [0.2, 0.25) is 5.02 Å². The van der Waals surface area contributed by atoms with Crippen molar-refractivity contribution in [1.82, 2.24) is 14.8 Å². The molecule has 0 spiro atoms. The molecule has 1 aromatic carbocycles. The normalized spacial score (nSPS) is 12.8. The predicted molar refractivity (Wildman–Crippen MR) is 102 cm³/mol. The Morgan fingerprint density at radius 1 is 1.23 bits per heavy atom. The Balaban J connectivity index is 1.53. The van der Waals surface area contributed by atoms with E-state index in [0.717, 1.165) is 29.6 Å². The summed E-state index contributed by atoms with van der Waals surface area (Å²) in [6, 6.07) is 10.2. The van der Waals surface area contributed by atoms with E-state index in [1.54, 1.807) is 12.1 Å². The molecule has 1 amide bonds. The number of benzene rings is 1. The van der Waals surface area contributed by atoms with Crippen LogP contribution in [0.4, 0.5) is 5.13 Å². The highest BCUT2D eigenvalue weighted by molar-refractivity contribution is 7.15. The van der Waals surface area contributed by atoms with E-state index in [9.17, 15) is 9.59 Å². The number of carbonyl (C=O) groups is 1. The molecule has 26 heavy (non-hydrogen) atoms. The molecule has 6 nitrogen and oxygen atoms in total. The number of amides is 1. The van der Waals surface area contributed by atoms with Gasteiger partial charge in [0, 0.05) is 16.5 Å². The highest BCUT2D eigenvalue weighted by Crippen LogP contribution is 2.30. The first-order valence-corrected chi connectivity index (χ1v) is 9.41. The maximum absolute atomic E-state index is 12.3. The molecule has 132 valence electrons. The van der Waals surface area contributed by atoms with Gasteiger partial charge in [-0.2, -0.15) is 5.10 Å². The molecule has 0 fully saturated rings. The third kappa shape index (κ3) is 3.40. The van der Waals surface area contributed by atoms with Gasteiger partial charge in [0.1, 0.15) is 6.54 Å². The Labute approximate surface area is 158 Å². The number of rotatable bonds is 4. The molecule has 0 radical (unpaired) electrons. The third-order valence-corrected chi connectivity index (χ3v) is 5.55. The van der Waals surface area contributed by atoms with Gasteiger partial charge in [0.2, 0.25) is 5.91 Å². The Morgan fingerprint density at radius 3 is 2.88 bits per heavy atom. The van der Waals surface area contributed by atoms with Crippen molar-refractivity contribution in [3.8, 4) is 11.3 Å². The van der Waals surface area contributed by atoms with Crippen LogP contribution < -0.4 is 10.9 Å². The quantitative estimate of drug-likeness (QED) is 0.747. The zero-order valence-corrected chi connectivity index (χ0v) is 15.3. The summed E-state index contributed by atoms with van der Waals surface area (Å²) in [6.45, 7) is -0.179. The van der Waals surface area contributed by atoms with Crippen molar-refractivity contribution in [3.05, 3.63) is 62.3 Å². The van der Waals surface area contributed by atoms with Crippen molar-refractivity contribution < 1.29 is 4.79 Å². The molecule has 1 aliphatic carbocycles. The number of anilines is 1. The first kappa shape index (κ1) is 16.9. The van der Waals surface area contributed by atoms with E-state index in [2.05, 4.69) is 15.4 Å². The van der Waals surface area contributed by atoms with Crippen LogP contribution in [0.15, 0.2) is 41.2 Å². The molecule has 8 heteroatoms. The number of hydrogen-bond donors (Lipinski definition) is 1. The maximum Gasteiger partial charge on any atom is 0.267 e. The molecule has 0 unspecified atom stereocenters. The summed E-state index contributed by atoms with van der Waals surface area (Å²) < 4.78 is 1.13. The number of fused-ring (bicyclic) bond motifs is 1. The van der Waals surface area contributed by atoms with Crippen LogP contribution >= 0.6 is 22.9 Å². The number of halogens is 1. The number of hydrogen-bond acceptors (Lipinski definition) is 5. The SMILES string of the molecule is O=C(Cn1nc(-c2ccccc2Cl)ccc1=O)Nc1nc2c(s1)CCC2. The third-order valence-electron chi connectivity index (χ3n) is 4.15. The summed E-state index contributed by atoms with van der Waals surface area (Å²) in [5.74, 6) is -0.330. The van der Waals surface area contributed by atoms with E-state index >= 15 is 0 Å². The second-order valence-electron chi connectivity index (χ2n) is 5.98. The number of aromatic nitrogens is 3. The lowest BCUT2D eigenvalue weighted by molar-refractivity contribution is -0.117. The van der Waals surface area contributed by atoms with Crippen molar-refractivity contribution in [2.24, 2.45) is 0 Å². The van der Waals surface area contributed by atoms with Gasteiger partial charge in [-0.15, -0.1) is 11.3 Å². The Kier molecular flexibility index (Phi) is 4.57. The van der Waals surface area contributed by atoms with Crippen molar-refractivity contribution in [2.75, 3.05) is 5.32 Å². The van der Waals surface area contributed by atoms with Crippen LogP contribution in [0.25, 0.3) is 11.3 Å². The molecule has 0 saturated heterocycles. The molecule has 4 rings (SSSR count). The molecular weight excluding hydrogens is 372 g/mol. The molecule has 1 aliphatic rings. The van der Waals surface area contributed by atoms with Crippen LogP contribution in [0, 0.1) is 0 Å². The Morgan fingerprint density at radius 2 is 2.08 bits per heavy atom. The lowest BCUT2D eigenvalue weighted by Gasteiger charge is -2.08. The molecular formula is C18H15ClN4O2S. The number of aryl methyl sites for hydroxylation is 2. The molecule has 0 saturated carbocycles. The van der Waals surface area contributed by atoms with Crippen molar-refractivity contribution >= 4 is 34.0 Å². The highest BCUT2D eigenvalue weighted by atomic mass is 35.5. The van der Waals surface area contributed by atoms with Gasteiger partial charge in [-0.25, -0.2) is 9.67 Å². The number of carbonyl (C=O) groups excluding carboxylic acids is 1. The summed E-state index contributed by atoms with van der Waals surface area (Å²) >= 11 is 7.69. The Bertz CT molecular complexity index is 1020. The van der Waals surface area contributed by atoms with Gasteiger partial charge in [0.25, 0.3) is 5.56 Å². The van der Waals surface area contributed by atoms with Crippen LogP contribution in [0.5, 0.6) is 0 Å². The standard InChI is InChI=1S/C18H15ClN4O2S/c19-12-5-2-1-4-11(12)13-8-9-17(25)23(22-13)10-16(24)21-18-20-14-6-3-7-15(14)26-18/h1-2,4-5,8-9H,3,6-7,10H2,(H,20,21,24). The summed E-state index contributed by atoms with van der Waals surface area (Å²) in [5, 5.41) is 8.15. The van der Waals surface area contributed by atoms with Gasteiger partial charge >= 0.3 is 0 Å². The number of nitrogens with one attached hydrogen (secondary N) is 1. The zero-order valence-electron chi connectivity index (χ0n) is 13.7. The first-order chi connectivity index (χ1) is 12.6. The smallest absolute Gasteiger partial charge is 0.267 e. The molecule has 0 atom stereocenters. The fourth-order valence-electron chi connectivity index (χ4n) is 2.91. The highest BCUT2D eigenvalue weighted by Gasteiger charge is 2.18. The number of thiazole rings is 1. The predicted octanol–water partition coefficient (Wildman–Crippen LogP) is 3.15. The average Bonchev–Trinajstić information content (AvgIpc) is 3.19. The molecule has 2 aromatic heterocycles. The summed E-state index contributed by atoms with van der Waals surface area (Å²) in [7, 11) is 0. The Hall–Kier alpha value is -2.51. The van der Waals surface area contributed by atoms with Gasteiger partial charge < -0.3 is 5.32 Å². The second-order valence-corrected chi connectivity index (χ2v) is 7.48. The minimum atomic E-state index is -0.349. The maximum atomic E-state index is 12.3. The van der Waals surface area contributed by atoms with Crippen LogP contribution in [-0.2, 0) is 24.2 Å². The lowest BCUT2D eigenvalue weighted by Crippen LogP contribution is -2.29. The first-order valence-electron chi connectivity index (χ1n) is 8.21. The van der Waals surface area contributed by atoms with E-state index in [-0.39, 0.29) is 18.0 Å². The minimum absolute atomic E-state index is 0.179. The van der Waals surface area contributed by atoms with Gasteiger partial charge in [0.05, 0.1) is 16.4 Å². The van der Waals surface area contributed by atoms with Gasteiger partial charge in [-0.05, 0) is 31.4 Å². The van der Waals surface area contributed by atoms with E-state index in [0.29, 0.717) is 21.4 Å². The summed E-state index contributed by atoms with van der Waals surface area (Å²) in [4.78, 5) is 30.0. The van der Waals surface area contributed by atoms with Crippen LogP contribution in [0.3, 0.4) is 0 Å². The molecule has 2 heterocycles. The molecule has 0 bridgehead atoms. The minimum Gasteiger partial charge on any atom is -0.300 e. The summed E-state index contributed by atoms with van der Waals surface area (Å²) in [6.07, 6.45) is 3.10. The van der Waals surface area contributed by atoms with Crippen molar-refractivity contribution in [3.63, 3.8) is 0 Å². The van der Waals surface area contributed by atoms with Crippen LogP contribution in [0.1, 0.15) is 17.0 Å². The van der Waals surface area contributed by atoms with E-state index in [1.165, 1.54) is 22.3 Å². The van der Waals surface area contributed by atoms with Crippen LogP contribution in [-0.4, -0.2) is 20.7 Å². The molecule has 0 aliphatic heterocycles. The lowest BCUT2D eigenvalue weighted by atomic mass is 10.1. The molecule has 1 N–H and O–H groups in total. The monoisotopic (exact) mass is 386 g/mol. The van der Waals surface area contributed by atoms with Gasteiger partial charge in [-0.3, -0.25) is 9.59 Å². The van der Waals surface area contributed by atoms with Gasteiger partial charge in [-0.1, -0.05) is 29.8 Å². The van der Waals surface area contributed by atoms with Gasteiger partial charge in [0.15, 0.2) is 5.13 Å². The van der Waals surface area contributed by atoms with E-state index < -0.39 is 0 Å². The topological polar surface area (TPSA) is 76.9 Å². The van der Waals surface area contributed by atoms with E-state index in [1.807, 2.05) is 18.2 Å². The number of nitrogens with zero attached hydrogens (tertiary/aromatic N) is 3. The second kappa shape index (κ2) is 7.01.